The van der Waals surface area contributed by atoms with Crippen LogP contribution in [-0.4, -0.2) is 50.6 Å². The van der Waals surface area contributed by atoms with Crippen LogP contribution in [0.15, 0.2) is 42.5 Å². The average molecular weight is 417 g/mol. The van der Waals surface area contributed by atoms with Crippen LogP contribution in [0.4, 0.5) is 17.1 Å². The van der Waals surface area contributed by atoms with E-state index < -0.39 is 16.9 Å². The molecule has 1 unspecified atom stereocenters. The van der Waals surface area contributed by atoms with Crippen molar-refractivity contribution in [2.24, 2.45) is 0 Å². The van der Waals surface area contributed by atoms with Gasteiger partial charge in [0, 0.05) is 17.8 Å². The van der Waals surface area contributed by atoms with E-state index in [9.17, 15) is 19.7 Å². The van der Waals surface area contributed by atoms with Gasteiger partial charge in [0.05, 0.1) is 31.9 Å². The summed E-state index contributed by atoms with van der Waals surface area (Å²) in [7, 11) is 4.67. The van der Waals surface area contributed by atoms with Gasteiger partial charge >= 0.3 is 0 Å². The fourth-order valence-corrected chi connectivity index (χ4v) is 2.66. The number of non-ortho nitro benzene ring substituents is 1. The van der Waals surface area contributed by atoms with Gasteiger partial charge in [-0.25, -0.2) is 0 Å². The lowest BCUT2D eigenvalue weighted by Crippen LogP contribution is -3.14. The third-order valence-corrected chi connectivity index (χ3v) is 4.60. The number of benzene rings is 2. The van der Waals surface area contributed by atoms with E-state index >= 15 is 0 Å². The van der Waals surface area contributed by atoms with E-state index in [1.165, 1.54) is 25.3 Å². The third-order valence-electron chi connectivity index (χ3n) is 4.60. The van der Waals surface area contributed by atoms with E-state index in [4.69, 9.17) is 9.47 Å². The number of ether oxygens (including phenoxy) is 2. The molecular weight excluding hydrogens is 392 g/mol. The van der Waals surface area contributed by atoms with Crippen LogP contribution in [0.5, 0.6) is 11.5 Å². The Balaban J connectivity index is 1.98. The molecule has 0 fully saturated rings. The molecule has 0 spiro atoms. The lowest BCUT2D eigenvalue weighted by atomic mass is 10.2. The number of hydrogen-bond donors (Lipinski definition) is 3. The number of nitro benzene ring substituents is 1. The highest BCUT2D eigenvalue weighted by Crippen LogP contribution is 2.28. The summed E-state index contributed by atoms with van der Waals surface area (Å²) < 4.78 is 10.2. The van der Waals surface area contributed by atoms with Crippen LogP contribution in [0.25, 0.3) is 0 Å². The average Bonchev–Trinajstić information content (AvgIpc) is 2.73. The van der Waals surface area contributed by atoms with Crippen molar-refractivity contribution in [3.05, 3.63) is 52.6 Å². The molecule has 0 bridgehead atoms. The van der Waals surface area contributed by atoms with Crippen LogP contribution in [0.1, 0.15) is 6.92 Å². The topological polar surface area (TPSA) is 124 Å². The predicted octanol–water partition coefficient (Wildman–Crippen LogP) is 1.09. The first-order valence-electron chi connectivity index (χ1n) is 9.14. The fourth-order valence-electron chi connectivity index (χ4n) is 2.66. The molecule has 0 aliphatic carbocycles. The second-order valence-electron chi connectivity index (χ2n) is 6.65. The molecule has 0 aliphatic heterocycles. The van der Waals surface area contributed by atoms with Crippen molar-refractivity contribution in [3.63, 3.8) is 0 Å². The number of quaternary nitrogens is 1. The Hall–Kier alpha value is -3.66. The minimum atomic E-state index is -0.601. The molecule has 2 atom stereocenters. The van der Waals surface area contributed by atoms with Crippen LogP contribution in [0.2, 0.25) is 0 Å². The van der Waals surface area contributed by atoms with E-state index in [-0.39, 0.29) is 23.8 Å². The molecule has 0 saturated carbocycles. The SMILES string of the molecule is COc1ccc(NC(=O)C[NH+](C)[C@@H](C)C(=O)Nc2cc([N+](=O)[O-])ccc2OC)cc1. The number of nitrogens with one attached hydrogen (secondary N) is 3. The fraction of sp³-hybridized carbons (Fsp3) is 0.300. The summed E-state index contributed by atoms with van der Waals surface area (Å²) in [6.45, 7) is 1.71. The quantitative estimate of drug-likeness (QED) is 0.414. The molecular formula is C20H25N4O6+. The normalized spacial score (nSPS) is 12.4. The Bertz CT molecular complexity index is 916. The number of likely N-dealkylation sites (N-methyl/N-ethyl adjacent to an activating group) is 1. The number of rotatable bonds is 9. The van der Waals surface area contributed by atoms with Gasteiger partial charge in [-0.3, -0.25) is 19.7 Å². The number of carbonyl (C=O) groups is 2. The molecule has 2 rings (SSSR count). The summed E-state index contributed by atoms with van der Waals surface area (Å²) in [5.41, 5.74) is 0.643. The molecule has 0 heterocycles. The van der Waals surface area contributed by atoms with Gasteiger partial charge in [0.2, 0.25) is 0 Å². The first kappa shape index (κ1) is 22.6. The van der Waals surface area contributed by atoms with E-state index in [1.54, 1.807) is 45.3 Å². The number of nitro groups is 1. The minimum absolute atomic E-state index is 0.0483. The Labute approximate surface area is 173 Å². The lowest BCUT2D eigenvalue weighted by Gasteiger charge is -2.21. The molecule has 0 aromatic heterocycles. The van der Waals surface area contributed by atoms with Crippen molar-refractivity contribution < 1.29 is 28.9 Å². The maximum absolute atomic E-state index is 12.6. The van der Waals surface area contributed by atoms with Crippen molar-refractivity contribution in [2.45, 2.75) is 13.0 Å². The van der Waals surface area contributed by atoms with E-state index in [2.05, 4.69) is 10.6 Å². The van der Waals surface area contributed by atoms with E-state index in [0.717, 1.165) is 0 Å². The highest BCUT2D eigenvalue weighted by atomic mass is 16.6. The maximum atomic E-state index is 12.6. The smallest absolute Gasteiger partial charge is 0.282 e. The maximum Gasteiger partial charge on any atom is 0.282 e. The second kappa shape index (κ2) is 10.2. The number of anilines is 2. The number of amides is 2. The standard InChI is InChI=1S/C20H24N4O6/c1-13(20(26)22-17-11-15(24(27)28)7-10-18(17)30-4)23(2)12-19(25)21-14-5-8-16(29-3)9-6-14/h5-11,13H,12H2,1-4H3,(H,21,25)(H,22,26)/p+1/t13-/m0/s1. The molecule has 10 heteroatoms. The zero-order chi connectivity index (χ0) is 22.3. The van der Waals surface area contributed by atoms with Crippen molar-refractivity contribution in [1.29, 1.82) is 0 Å². The molecule has 2 aromatic carbocycles. The summed E-state index contributed by atoms with van der Waals surface area (Å²) in [5, 5.41) is 16.4. The third kappa shape index (κ3) is 5.92. The lowest BCUT2D eigenvalue weighted by molar-refractivity contribution is -0.885. The molecule has 2 amide bonds. The molecule has 0 radical (unpaired) electrons. The van der Waals surface area contributed by atoms with Crippen LogP contribution in [-0.2, 0) is 9.59 Å². The summed E-state index contributed by atoms with van der Waals surface area (Å²) in [6, 6.07) is 10.2. The summed E-state index contributed by atoms with van der Waals surface area (Å²) in [4.78, 5) is 36.0. The van der Waals surface area contributed by atoms with Crippen LogP contribution in [0.3, 0.4) is 0 Å². The Kier molecular flexibility index (Phi) is 7.70. The molecule has 2 aromatic rings. The first-order chi connectivity index (χ1) is 14.2. The largest absolute Gasteiger partial charge is 0.497 e. The summed E-state index contributed by atoms with van der Waals surface area (Å²) in [5.74, 6) is 0.322. The van der Waals surface area contributed by atoms with E-state index in [0.29, 0.717) is 22.1 Å². The van der Waals surface area contributed by atoms with Gasteiger partial charge in [0.1, 0.15) is 11.5 Å². The Morgan fingerprint density at radius 3 is 2.33 bits per heavy atom. The first-order valence-corrected chi connectivity index (χ1v) is 9.14. The van der Waals surface area contributed by atoms with Gasteiger partial charge in [0.15, 0.2) is 12.6 Å². The summed E-state index contributed by atoms with van der Waals surface area (Å²) in [6.07, 6.45) is 0. The van der Waals surface area contributed by atoms with Crippen LogP contribution in [0, 0.1) is 10.1 Å². The summed E-state index contributed by atoms with van der Waals surface area (Å²) >= 11 is 0. The number of carbonyl (C=O) groups excluding carboxylic acids is 2. The van der Waals surface area contributed by atoms with E-state index in [1.807, 2.05) is 0 Å². The predicted molar refractivity (Wildman–Crippen MR) is 111 cm³/mol. The highest BCUT2D eigenvalue weighted by molar-refractivity contribution is 5.96. The van der Waals surface area contributed by atoms with Gasteiger partial charge in [-0.1, -0.05) is 0 Å². The minimum Gasteiger partial charge on any atom is -0.497 e. The molecule has 160 valence electrons. The molecule has 30 heavy (non-hydrogen) atoms. The van der Waals surface area contributed by atoms with Gasteiger partial charge in [-0.05, 0) is 37.3 Å². The van der Waals surface area contributed by atoms with Crippen LogP contribution >= 0.6 is 0 Å². The van der Waals surface area contributed by atoms with Gasteiger partial charge < -0.3 is 25.0 Å². The molecule has 10 nitrogen and oxygen atoms in total. The zero-order valence-corrected chi connectivity index (χ0v) is 17.2. The van der Waals surface area contributed by atoms with Gasteiger partial charge in [-0.15, -0.1) is 0 Å². The van der Waals surface area contributed by atoms with Crippen molar-refractivity contribution in [3.8, 4) is 11.5 Å². The highest BCUT2D eigenvalue weighted by Gasteiger charge is 2.25. The number of hydrogen-bond acceptors (Lipinski definition) is 6. The second-order valence-corrected chi connectivity index (χ2v) is 6.65. The molecule has 0 saturated heterocycles. The van der Waals surface area contributed by atoms with Gasteiger partial charge in [-0.2, -0.15) is 0 Å². The Morgan fingerprint density at radius 1 is 1.10 bits per heavy atom. The van der Waals surface area contributed by atoms with Crippen molar-refractivity contribution >= 4 is 28.9 Å². The monoisotopic (exact) mass is 417 g/mol. The molecule has 0 aliphatic rings. The number of methoxy groups -OCH3 is 2. The molecule has 3 N–H and O–H groups in total. The van der Waals surface area contributed by atoms with Crippen molar-refractivity contribution in [2.75, 3.05) is 38.4 Å². The number of nitrogens with zero attached hydrogens (tertiary/aromatic N) is 1. The van der Waals surface area contributed by atoms with Gasteiger partial charge in [0.25, 0.3) is 17.5 Å². The Morgan fingerprint density at radius 2 is 1.77 bits per heavy atom. The zero-order valence-electron chi connectivity index (χ0n) is 17.2. The van der Waals surface area contributed by atoms with Crippen molar-refractivity contribution in [1.82, 2.24) is 0 Å². The van der Waals surface area contributed by atoms with Crippen LogP contribution < -0.4 is 25.0 Å².